The van der Waals surface area contributed by atoms with Crippen LogP contribution in [0.5, 0.6) is 11.5 Å². The molecular weight excluding hydrogens is 476 g/mol. The first-order chi connectivity index (χ1) is 14.0. The number of methoxy groups -OCH3 is 1. The molecule has 0 aliphatic carbocycles. The van der Waals surface area contributed by atoms with Crippen molar-refractivity contribution in [3.8, 4) is 11.5 Å². The van der Waals surface area contributed by atoms with E-state index in [1.165, 1.54) is 0 Å². The monoisotopic (exact) mass is 496 g/mol. The third kappa shape index (κ3) is 5.12. The van der Waals surface area contributed by atoms with Gasteiger partial charge in [-0.2, -0.15) is 5.10 Å². The van der Waals surface area contributed by atoms with Crippen LogP contribution in [0.25, 0.3) is 0 Å². The molecular formula is C20H22BrClN4O2S. The third-order valence-electron chi connectivity index (χ3n) is 4.35. The highest BCUT2D eigenvalue weighted by molar-refractivity contribution is 9.10. The highest BCUT2D eigenvalue weighted by Crippen LogP contribution is 2.37. The summed E-state index contributed by atoms with van der Waals surface area (Å²) in [5, 5.41) is 7.78. The predicted octanol–water partition coefficient (Wildman–Crippen LogP) is 5.64. The fourth-order valence-electron chi connectivity index (χ4n) is 2.87. The predicted molar refractivity (Wildman–Crippen MR) is 121 cm³/mol. The van der Waals surface area contributed by atoms with Crippen molar-refractivity contribution in [3.63, 3.8) is 0 Å². The molecule has 3 aromatic rings. The Morgan fingerprint density at radius 1 is 1.28 bits per heavy atom. The number of H-pyrrole nitrogens is 1. The van der Waals surface area contributed by atoms with Crippen LogP contribution >= 0.6 is 39.7 Å². The number of benzene rings is 2. The van der Waals surface area contributed by atoms with Gasteiger partial charge in [-0.15, -0.1) is 0 Å². The van der Waals surface area contributed by atoms with Gasteiger partial charge in [0.25, 0.3) is 0 Å². The highest BCUT2D eigenvalue weighted by atomic mass is 79.9. The summed E-state index contributed by atoms with van der Waals surface area (Å²) >= 11 is 15.2. The SMILES string of the molecule is CCCc1n[nH]c(=S)n1NCc1c(Br)ccc(OC)c1OCc1ccccc1Cl. The lowest BCUT2D eigenvalue weighted by atomic mass is 10.1. The topological polar surface area (TPSA) is 64.1 Å². The molecule has 0 aliphatic rings. The number of hydrogen-bond donors (Lipinski definition) is 2. The molecule has 6 nitrogen and oxygen atoms in total. The van der Waals surface area contributed by atoms with Crippen LogP contribution in [0.2, 0.25) is 5.02 Å². The molecule has 0 spiro atoms. The second-order valence-corrected chi connectivity index (χ2v) is 7.95. The molecule has 1 aromatic heterocycles. The number of halogens is 2. The molecule has 154 valence electrons. The fraction of sp³-hybridized carbons (Fsp3) is 0.300. The number of aromatic amines is 1. The Kier molecular flexibility index (Phi) is 7.57. The number of aromatic nitrogens is 3. The molecule has 2 aromatic carbocycles. The van der Waals surface area contributed by atoms with E-state index in [2.05, 4.69) is 38.5 Å². The van der Waals surface area contributed by atoms with E-state index in [0.717, 1.165) is 34.3 Å². The molecule has 9 heteroatoms. The molecule has 0 radical (unpaired) electrons. The van der Waals surface area contributed by atoms with Crippen molar-refractivity contribution < 1.29 is 9.47 Å². The van der Waals surface area contributed by atoms with E-state index >= 15 is 0 Å². The number of rotatable bonds is 9. The average molecular weight is 498 g/mol. The third-order valence-corrected chi connectivity index (χ3v) is 5.73. The molecule has 0 aliphatic heterocycles. The van der Waals surface area contributed by atoms with Crippen molar-refractivity contribution in [1.29, 1.82) is 0 Å². The zero-order valence-electron chi connectivity index (χ0n) is 16.2. The van der Waals surface area contributed by atoms with Crippen molar-refractivity contribution in [2.75, 3.05) is 12.5 Å². The van der Waals surface area contributed by atoms with Gasteiger partial charge in [-0.25, -0.2) is 4.68 Å². The van der Waals surface area contributed by atoms with Crippen LogP contribution < -0.4 is 14.9 Å². The molecule has 0 unspecified atom stereocenters. The van der Waals surface area contributed by atoms with Gasteiger partial charge in [0.2, 0.25) is 4.77 Å². The Morgan fingerprint density at radius 2 is 2.07 bits per heavy atom. The molecule has 2 N–H and O–H groups in total. The number of ether oxygens (including phenoxy) is 2. The minimum atomic E-state index is 0.325. The van der Waals surface area contributed by atoms with Crippen molar-refractivity contribution in [1.82, 2.24) is 14.9 Å². The lowest BCUT2D eigenvalue weighted by Gasteiger charge is -2.18. The van der Waals surface area contributed by atoms with E-state index in [1.807, 2.05) is 36.4 Å². The number of nitrogens with one attached hydrogen (secondary N) is 2. The summed E-state index contributed by atoms with van der Waals surface area (Å²) in [7, 11) is 1.62. The average Bonchev–Trinajstić information content (AvgIpc) is 3.06. The Hall–Kier alpha value is -2.03. The standard InChI is InChI=1S/C20H22BrClN4O2S/c1-3-6-18-24-25-20(29)26(18)23-11-14-15(21)9-10-17(27-2)19(14)28-12-13-7-4-5-8-16(13)22/h4-5,7-10,23H,3,6,11-12H2,1-2H3,(H,25,29). The summed E-state index contributed by atoms with van der Waals surface area (Å²) in [6, 6.07) is 11.4. The van der Waals surface area contributed by atoms with Gasteiger partial charge in [-0.05, 0) is 36.8 Å². The fourth-order valence-corrected chi connectivity index (χ4v) is 3.73. The van der Waals surface area contributed by atoms with Gasteiger partial charge < -0.3 is 14.9 Å². The normalized spacial score (nSPS) is 10.8. The molecule has 0 atom stereocenters. The summed E-state index contributed by atoms with van der Waals surface area (Å²) < 4.78 is 14.9. The quantitative estimate of drug-likeness (QED) is 0.375. The molecule has 1 heterocycles. The number of hydrogen-bond acceptors (Lipinski definition) is 5. The van der Waals surface area contributed by atoms with Crippen molar-refractivity contribution >= 4 is 39.7 Å². The van der Waals surface area contributed by atoms with Gasteiger partial charge in [-0.1, -0.05) is 52.7 Å². The van der Waals surface area contributed by atoms with Crippen LogP contribution in [-0.4, -0.2) is 22.0 Å². The maximum atomic E-state index is 6.27. The molecule has 3 rings (SSSR count). The first kappa shape index (κ1) is 21.7. The maximum Gasteiger partial charge on any atom is 0.214 e. The summed E-state index contributed by atoms with van der Waals surface area (Å²) in [5.74, 6) is 2.14. The van der Waals surface area contributed by atoms with Crippen LogP contribution in [-0.2, 0) is 19.6 Å². The van der Waals surface area contributed by atoms with E-state index in [-0.39, 0.29) is 0 Å². The number of aryl methyl sites for hydroxylation is 1. The lowest BCUT2D eigenvalue weighted by molar-refractivity contribution is 0.281. The first-order valence-corrected chi connectivity index (χ1v) is 10.7. The molecule has 0 saturated heterocycles. The Bertz CT molecular complexity index is 1040. The highest BCUT2D eigenvalue weighted by Gasteiger charge is 2.16. The van der Waals surface area contributed by atoms with Gasteiger partial charge in [0, 0.05) is 27.0 Å². The Morgan fingerprint density at radius 3 is 2.79 bits per heavy atom. The van der Waals surface area contributed by atoms with Crippen LogP contribution in [0.4, 0.5) is 0 Å². The van der Waals surface area contributed by atoms with Crippen molar-refractivity contribution in [2.24, 2.45) is 0 Å². The Balaban J connectivity index is 1.87. The Labute approximate surface area is 188 Å². The number of nitrogens with zero attached hydrogens (tertiary/aromatic N) is 2. The van der Waals surface area contributed by atoms with Gasteiger partial charge in [-0.3, -0.25) is 5.10 Å². The summed E-state index contributed by atoms with van der Waals surface area (Å²) in [6.07, 6.45) is 1.78. The maximum absolute atomic E-state index is 6.27. The van der Waals surface area contributed by atoms with E-state index in [1.54, 1.807) is 11.8 Å². The van der Waals surface area contributed by atoms with E-state index in [0.29, 0.717) is 34.4 Å². The zero-order chi connectivity index (χ0) is 20.8. The second kappa shape index (κ2) is 10.1. The van der Waals surface area contributed by atoms with Crippen LogP contribution in [0, 0.1) is 4.77 Å². The van der Waals surface area contributed by atoms with Gasteiger partial charge >= 0.3 is 0 Å². The van der Waals surface area contributed by atoms with Crippen LogP contribution in [0.3, 0.4) is 0 Å². The summed E-state index contributed by atoms with van der Waals surface area (Å²) in [6.45, 7) is 2.88. The van der Waals surface area contributed by atoms with Crippen LogP contribution in [0.1, 0.15) is 30.3 Å². The van der Waals surface area contributed by atoms with E-state index < -0.39 is 0 Å². The first-order valence-electron chi connectivity index (χ1n) is 9.16. The minimum absolute atomic E-state index is 0.325. The van der Waals surface area contributed by atoms with E-state index in [9.17, 15) is 0 Å². The lowest BCUT2D eigenvalue weighted by Crippen LogP contribution is -2.18. The summed E-state index contributed by atoms with van der Waals surface area (Å²) in [4.78, 5) is 0. The zero-order valence-corrected chi connectivity index (χ0v) is 19.3. The van der Waals surface area contributed by atoms with Crippen molar-refractivity contribution in [2.45, 2.75) is 32.9 Å². The molecule has 0 amide bonds. The van der Waals surface area contributed by atoms with Crippen molar-refractivity contribution in [3.05, 3.63) is 67.6 Å². The van der Waals surface area contributed by atoms with Gasteiger partial charge in [0.05, 0.1) is 13.7 Å². The summed E-state index contributed by atoms with van der Waals surface area (Å²) in [5.41, 5.74) is 5.14. The van der Waals surface area contributed by atoms with E-state index in [4.69, 9.17) is 33.3 Å². The minimum Gasteiger partial charge on any atom is -0.493 e. The molecule has 29 heavy (non-hydrogen) atoms. The smallest absolute Gasteiger partial charge is 0.214 e. The molecule has 0 saturated carbocycles. The second-order valence-electron chi connectivity index (χ2n) is 6.30. The van der Waals surface area contributed by atoms with Crippen LogP contribution in [0.15, 0.2) is 40.9 Å². The molecule has 0 bridgehead atoms. The molecule has 0 fully saturated rings. The van der Waals surface area contributed by atoms with Gasteiger partial charge in [0.1, 0.15) is 6.61 Å². The largest absolute Gasteiger partial charge is 0.493 e. The van der Waals surface area contributed by atoms with Gasteiger partial charge in [0.15, 0.2) is 17.3 Å².